The molecule has 36 heavy (non-hydrogen) atoms. The average Bonchev–Trinajstić information content (AvgIpc) is 2.89. The number of benzene rings is 2. The largest absolute Gasteiger partial charge is 0.378 e. The van der Waals surface area contributed by atoms with Crippen LogP contribution in [0.5, 0.6) is 0 Å². The number of carbonyl (C=O) groups is 1. The van der Waals surface area contributed by atoms with Gasteiger partial charge in [0, 0.05) is 42.0 Å². The van der Waals surface area contributed by atoms with Crippen molar-refractivity contribution in [1.29, 1.82) is 0 Å². The number of nitrogens with one attached hydrogen (secondary N) is 2. The Morgan fingerprint density at radius 2 is 1.86 bits per heavy atom. The summed E-state index contributed by atoms with van der Waals surface area (Å²) in [5.74, 6) is 0.283. The van der Waals surface area contributed by atoms with Crippen LogP contribution >= 0.6 is 0 Å². The van der Waals surface area contributed by atoms with Gasteiger partial charge in [-0.2, -0.15) is 0 Å². The molecular formula is C27H25FN6O2. The van der Waals surface area contributed by atoms with Crippen molar-refractivity contribution in [2.75, 3.05) is 41.8 Å². The molecule has 1 amide bonds. The van der Waals surface area contributed by atoms with E-state index in [4.69, 9.17) is 9.72 Å². The number of aromatic nitrogens is 3. The van der Waals surface area contributed by atoms with Gasteiger partial charge in [0.15, 0.2) is 0 Å². The minimum atomic E-state index is -0.555. The van der Waals surface area contributed by atoms with E-state index < -0.39 is 11.7 Å². The first-order valence-electron chi connectivity index (χ1n) is 11.6. The summed E-state index contributed by atoms with van der Waals surface area (Å²) < 4.78 is 18.4. The lowest BCUT2D eigenvalue weighted by Gasteiger charge is -2.27. The highest BCUT2D eigenvalue weighted by molar-refractivity contribution is 6.00. The molecule has 1 fully saturated rings. The number of allylic oxidation sites excluding steroid dienone is 1. The van der Waals surface area contributed by atoms with E-state index in [1.807, 2.05) is 48.5 Å². The Morgan fingerprint density at radius 1 is 1.03 bits per heavy atom. The van der Waals surface area contributed by atoms with Crippen molar-refractivity contribution in [2.45, 2.75) is 6.92 Å². The summed E-state index contributed by atoms with van der Waals surface area (Å²) in [7, 11) is 0. The molecule has 2 aromatic heterocycles. The SMILES string of the molecule is C/C(F)=C\C(=O)Nc1cccc(-c2cccc3cnc(Nc4ccc(N5CCOCC5)nc4)nc23)c1. The molecule has 182 valence electrons. The zero-order chi connectivity index (χ0) is 24.9. The first-order valence-corrected chi connectivity index (χ1v) is 11.6. The number of amides is 1. The van der Waals surface area contributed by atoms with Crippen LogP contribution < -0.4 is 15.5 Å². The van der Waals surface area contributed by atoms with Crippen LogP contribution in [0.15, 0.2) is 78.9 Å². The Hall–Kier alpha value is -4.37. The van der Waals surface area contributed by atoms with E-state index in [1.54, 1.807) is 18.5 Å². The van der Waals surface area contributed by atoms with Crippen LogP contribution in [0.25, 0.3) is 22.0 Å². The van der Waals surface area contributed by atoms with Crippen molar-refractivity contribution in [3.05, 3.63) is 78.9 Å². The van der Waals surface area contributed by atoms with Gasteiger partial charge in [-0.1, -0.05) is 30.3 Å². The predicted octanol–water partition coefficient (Wildman–Crippen LogP) is 5.08. The third kappa shape index (κ3) is 5.47. The highest BCUT2D eigenvalue weighted by Gasteiger charge is 2.13. The van der Waals surface area contributed by atoms with Crippen LogP contribution in [0, 0.1) is 0 Å². The van der Waals surface area contributed by atoms with Crippen LogP contribution in [0.4, 0.5) is 27.5 Å². The van der Waals surface area contributed by atoms with Crippen LogP contribution in [-0.4, -0.2) is 47.2 Å². The lowest BCUT2D eigenvalue weighted by Crippen LogP contribution is -2.36. The third-order valence-electron chi connectivity index (χ3n) is 5.72. The Morgan fingerprint density at radius 3 is 2.64 bits per heavy atom. The van der Waals surface area contributed by atoms with Gasteiger partial charge in [-0.05, 0) is 36.8 Å². The Bertz CT molecular complexity index is 1410. The van der Waals surface area contributed by atoms with Crippen molar-refractivity contribution < 1.29 is 13.9 Å². The van der Waals surface area contributed by atoms with E-state index in [9.17, 15) is 9.18 Å². The molecule has 2 aromatic carbocycles. The number of ether oxygens (including phenoxy) is 1. The monoisotopic (exact) mass is 484 g/mol. The van der Waals surface area contributed by atoms with Crippen molar-refractivity contribution >= 4 is 40.0 Å². The molecule has 1 aliphatic rings. The van der Waals surface area contributed by atoms with Crippen molar-refractivity contribution in [3.8, 4) is 11.1 Å². The fourth-order valence-corrected chi connectivity index (χ4v) is 4.04. The van der Waals surface area contributed by atoms with E-state index >= 15 is 0 Å². The maximum absolute atomic E-state index is 13.0. The number of morpholine rings is 1. The zero-order valence-electron chi connectivity index (χ0n) is 19.7. The zero-order valence-corrected chi connectivity index (χ0v) is 19.7. The lowest BCUT2D eigenvalue weighted by atomic mass is 10.0. The number of carbonyl (C=O) groups excluding carboxylic acids is 1. The van der Waals surface area contributed by atoms with E-state index in [-0.39, 0.29) is 0 Å². The quantitative estimate of drug-likeness (QED) is 0.369. The van der Waals surface area contributed by atoms with E-state index in [1.165, 1.54) is 6.92 Å². The standard InChI is InChI=1S/C27H25FN6O2/c1-18(28)14-25(35)31-21-6-2-4-19(15-21)23-7-3-5-20-16-30-27(33-26(20)23)32-22-8-9-24(29-17-22)34-10-12-36-13-11-34/h2-9,14-17H,10-13H2,1H3,(H,31,35)(H,30,32,33)/b18-14+. The second-order valence-electron chi connectivity index (χ2n) is 8.37. The van der Waals surface area contributed by atoms with Gasteiger partial charge < -0.3 is 20.3 Å². The average molecular weight is 485 g/mol. The number of anilines is 4. The molecule has 1 saturated heterocycles. The van der Waals surface area contributed by atoms with Gasteiger partial charge in [0.05, 0.1) is 30.6 Å². The van der Waals surface area contributed by atoms with Crippen LogP contribution in [-0.2, 0) is 9.53 Å². The maximum Gasteiger partial charge on any atom is 0.250 e. The summed E-state index contributed by atoms with van der Waals surface area (Å²) in [5, 5.41) is 6.80. The number of hydrogen-bond acceptors (Lipinski definition) is 7. The van der Waals surface area contributed by atoms with Crippen molar-refractivity contribution in [2.24, 2.45) is 0 Å². The number of rotatable bonds is 6. The van der Waals surface area contributed by atoms with E-state index in [0.717, 1.165) is 52.7 Å². The molecule has 9 heteroatoms. The minimum absolute atomic E-state index is 0.448. The molecule has 0 atom stereocenters. The second kappa shape index (κ2) is 10.5. The fraction of sp³-hybridized carbons (Fsp3) is 0.185. The molecule has 3 heterocycles. The highest BCUT2D eigenvalue weighted by atomic mass is 19.1. The summed E-state index contributed by atoms with van der Waals surface area (Å²) in [6, 6.07) is 17.1. The molecule has 0 saturated carbocycles. The summed E-state index contributed by atoms with van der Waals surface area (Å²) in [6.45, 7) is 4.30. The van der Waals surface area contributed by atoms with Crippen LogP contribution in [0.1, 0.15) is 6.92 Å². The molecule has 4 aromatic rings. The highest BCUT2D eigenvalue weighted by Crippen LogP contribution is 2.30. The van der Waals surface area contributed by atoms with Crippen LogP contribution in [0.2, 0.25) is 0 Å². The summed E-state index contributed by atoms with van der Waals surface area (Å²) in [6.07, 6.45) is 4.45. The topological polar surface area (TPSA) is 92.3 Å². The van der Waals surface area contributed by atoms with Gasteiger partial charge in [-0.15, -0.1) is 0 Å². The number of hydrogen-bond donors (Lipinski definition) is 2. The Kier molecular flexibility index (Phi) is 6.81. The summed E-state index contributed by atoms with van der Waals surface area (Å²) in [5.41, 5.74) is 3.85. The van der Waals surface area contributed by atoms with Gasteiger partial charge in [0.25, 0.3) is 5.91 Å². The molecule has 0 unspecified atom stereocenters. The van der Waals surface area contributed by atoms with Gasteiger partial charge in [0.1, 0.15) is 11.6 Å². The second-order valence-corrected chi connectivity index (χ2v) is 8.37. The molecule has 5 rings (SSSR count). The number of pyridine rings is 1. The number of halogens is 1. The summed E-state index contributed by atoms with van der Waals surface area (Å²) in [4.78, 5) is 27.9. The fourth-order valence-electron chi connectivity index (χ4n) is 4.04. The molecule has 8 nitrogen and oxygen atoms in total. The van der Waals surface area contributed by atoms with Gasteiger partial charge in [-0.25, -0.2) is 19.3 Å². The smallest absolute Gasteiger partial charge is 0.250 e. The molecule has 0 aliphatic carbocycles. The molecule has 1 aliphatic heterocycles. The number of nitrogens with zero attached hydrogens (tertiary/aromatic N) is 4. The number of para-hydroxylation sites is 1. The maximum atomic E-state index is 13.0. The minimum Gasteiger partial charge on any atom is -0.378 e. The predicted molar refractivity (Wildman–Crippen MR) is 139 cm³/mol. The first-order chi connectivity index (χ1) is 17.5. The summed E-state index contributed by atoms with van der Waals surface area (Å²) >= 11 is 0. The molecule has 0 radical (unpaired) electrons. The first kappa shape index (κ1) is 23.4. The van der Waals surface area contributed by atoms with Crippen molar-refractivity contribution in [3.63, 3.8) is 0 Å². The van der Waals surface area contributed by atoms with Gasteiger partial charge in [-0.3, -0.25) is 4.79 Å². The molecule has 2 N–H and O–H groups in total. The van der Waals surface area contributed by atoms with Gasteiger partial charge in [0.2, 0.25) is 5.95 Å². The lowest BCUT2D eigenvalue weighted by molar-refractivity contribution is -0.112. The van der Waals surface area contributed by atoms with Crippen LogP contribution in [0.3, 0.4) is 0 Å². The Balaban J connectivity index is 1.39. The van der Waals surface area contributed by atoms with E-state index in [2.05, 4.69) is 25.5 Å². The normalized spacial score (nSPS) is 14.1. The van der Waals surface area contributed by atoms with E-state index in [0.29, 0.717) is 24.8 Å². The molecule has 0 spiro atoms. The van der Waals surface area contributed by atoms with Crippen molar-refractivity contribution in [1.82, 2.24) is 15.0 Å². The molecular weight excluding hydrogens is 459 g/mol. The molecule has 0 bridgehead atoms. The number of fused-ring (bicyclic) bond motifs is 1. The van der Waals surface area contributed by atoms with Gasteiger partial charge >= 0.3 is 0 Å². The Labute approximate surface area is 207 Å². The third-order valence-corrected chi connectivity index (χ3v) is 5.72.